The molecule has 2 aromatic rings. The van der Waals surface area contributed by atoms with Crippen molar-refractivity contribution in [2.75, 3.05) is 13.6 Å². The van der Waals surface area contributed by atoms with Crippen LogP contribution < -0.4 is 16.2 Å². The highest BCUT2D eigenvalue weighted by Crippen LogP contribution is 2.14. The van der Waals surface area contributed by atoms with Gasteiger partial charge in [0.15, 0.2) is 0 Å². The summed E-state index contributed by atoms with van der Waals surface area (Å²) < 4.78 is 0. The van der Waals surface area contributed by atoms with Crippen LogP contribution >= 0.6 is 0 Å². The van der Waals surface area contributed by atoms with Crippen LogP contribution in [0, 0.1) is 0 Å². The van der Waals surface area contributed by atoms with Crippen LogP contribution in [0.4, 0.5) is 0 Å². The molecule has 0 aliphatic carbocycles. The number of rotatable bonds is 5. The summed E-state index contributed by atoms with van der Waals surface area (Å²) in [5, 5.41) is 7.62. The Kier molecular flexibility index (Phi) is 4.12. The molecule has 0 aliphatic rings. The van der Waals surface area contributed by atoms with Gasteiger partial charge in [0.2, 0.25) is 5.56 Å². The minimum Gasteiger partial charge on any atom is -0.322 e. The van der Waals surface area contributed by atoms with Gasteiger partial charge in [-0.05, 0) is 25.6 Å². The Bertz CT molecular complexity index is 577. The molecule has 4 nitrogen and oxygen atoms in total. The normalized spacial score (nSPS) is 12.8. The van der Waals surface area contributed by atoms with Crippen LogP contribution in [0.2, 0.25) is 0 Å². The number of para-hydroxylation sites is 1. The van der Waals surface area contributed by atoms with Crippen LogP contribution in [0.5, 0.6) is 0 Å². The first-order chi connectivity index (χ1) is 8.70. The highest BCUT2D eigenvalue weighted by atomic mass is 16.1. The molecule has 0 saturated carbocycles. The third kappa shape index (κ3) is 2.97. The lowest BCUT2D eigenvalue weighted by molar-refractivity contribution is 0.524. The maximum atomic E-state index is 11.6. The maximum Gasteiger partial charge on any atom is 0.248 e. The summed E-state index contributed by atoms with van der Waals surface area (Å²) in [6.45, 7) is 3.72. The molecule has 1 aromatic heterocycles. The predicted octanol–water partition coefficient (Wildman–Crippen LogP) is 1.23. The number of aromatic amines is 1. The molecule has 0 spiro atoms. The van der Waals surface area contributed by atoms with E-state index in [1.54, 1.807) is 6.07 Å². The molecule has 1 unspecified atom stereocenters. The number of hydrogen-bond donors (Lipinski definition) is 3. The van der Waals surface area contributed by atoms with Gasteiger partial charge in [-0.2, -0.15) is 0 Å². The van der Waals surface area contributed by atoms with E-state index in [0.29, 0.717) is 12.6 Å². The van der Waals surface area contributed by atoms with Gasteiger partial charge in [-0.25, -0.2) is 0 Å². The van der Waals surface area contributed by atoms with Gasteiger partial charge in [0.25, 0.3) is 0 Å². The SMILES string of the molecule is CNCC(C)NCc1cc(=O)[nH]c2ccccc12. The van der Waals surface area contributed by atoms with E-state index in [1.807, 2.05) is 31.3 Å². The van der Waals surface area contributed by atoms with Gasteiger partial charge in [-0.1, -0.05) is 18.2 Å². The van der Waals surface area contributed by atoms with Crippen molar-refractivity contribution in [3.8, 4) is 0 Å². The first kappa shape index (κ1) is 12.8. The summed E-state index contributed by atoms with van der Waals surface area (Å²) in [5.74, 6) is 0. The summed E-state index contributed by atoms with van der Waals surface area (Å²) in [6, 6.07) is 9.91. The zero-order chi connectivity index (χ0) is 13.0. The minimum absolute atomic E-state index is 0.0493. The summed E-state index contributed by atoms with van der Waals surface area (Å²) in [5.41, 5.74) is 1.88. The third-order valence-corrected chi connectivity index (χ3v) is 2.99. The molecule has 18 heavy (non-hydrogen) atoms. The molecule has 3 N–H and O–H groups in total. The van der Waals surface area contributed by atoms with Crippen LogP contribution in [0.3, 0.4) is 0 Å². The summed E-state index contributed by atoms with van der Waals surface area (Å²) >= 11 is 0. The van der Waals surface area contributed by atoms with Gasteiger partial charge in [-0.15, -0.1) is 0 Å². The molecule has 2 rings (SSSR count). The molecule has 0 amide bonds. The molecule has 1 atom stereocenters. The van der Waals surface area contributed by atoms with E-state index in [1.165, 1.54) is 0 Å². The zero-order valence-corrected chi connectivity index (χ0v) is 10.8. The number of aromatic nitrogens is 1. The second-order valence-corrected chi connectivity index (χ2v) is 4.54. The standard InChI is InChI=1S/C14H19N3O/c1-10(8-15-2)16-9-11-7-14(18)17-13-6-4-3-5-12(11)13/h3-7,10,15-16H,8-9H2,1-2H3,(H,17,18). The van der Waals surface area contributed by atoms with E-state index in [0.717, 1.165) is 23.0 Å². The smallest absolute Gasteiger partial charge is 0.248 e. The fourth-order valence-corrected chi connectivity index (χ4v) is 2.09. The first-order valence-electron chi connectivity index (χ1n) is 6.19. The van der Waals surface area contributed by atoms with Crippen LogP contribution in [-0.4, -0.2) is 24.6 Å². The van der Waals surface area contributed by atoms with Gasteiger partial charge in [-0.3, -0.25) is 4.79 Å². The van der Waals surface area contributed by atoms with Gasteiger partial charge >= 0.3 is 0 Å². The highest BCUT2D eigenvalue weighted by molar-refractivity contribution is 5.81. The van der Waals surface area contributed by atoms with Gasteiger partial charge in [0.1, 0.15) is 0 Å². The summed E-state index contributed by atoms with van der Waals surface area (Å²) in [4.78, 5) is 14.4. The lowest BCUT2D eigenvalue weighted by atomic mass is 10.1. The fourth-order valence-electron chi connectivity index (χ4n) is 2.09. The second-order valence-electron chi connectivity index (χ2n) is 4.54. The van der Waals surface area contributed by atoms with Gasteiger partial charge in [0, 0.05) is 36.1 Å². The van der Waals surface area contributed by atoms with E-state index in [4.69, 9.17) is 0 Å². The van der Waals surface area contributed by atoms with Crippen molar-refractivity contribution < 1.29 is 0 Å². The van der Waals surface area contributed by atoms with E-state index >= 15 is 0 Å². The molecule has 0 bridgehead atoms. The highest BCUT2D eigenvalue weighted by Gasteiger charge is 2.05. The Morgan fingerprint density at radius 1 is 1.33 bits per heavy atom. The zero-order valence-electron chi connectivity index (χ0n) is 10.8. The fraction of sp³-hybridized carbons (Fsp3) is 0.357. The summed E-state index contributed by atoms with van der Waals surface area (Å²) in [6.07, 6.45) is 0. The molecular weight excluding hydrogens is 226 g/mol. The maximum absolute atomic E-state index is 11.6. The Labute approximate surface area is 106 Å². The molecular formula is C14H19N3O. The summed E-state index contributed by atoms with van der Waals surface area (Å²) in [7, 11) is 1.93. The molecule has 1 aromatic carbocycles. The van der Waals surface area contributed by atoms with Crippen molar-refractivity contribution >= 4 is 10.9 Å². The van der Waals surface area contributed by atoms with E-state index in [-0.39, 0.29) is 5.56 Å². The van der Waals surface area contributed by atoms with Gasteiger partial charge in [0.05, 0.1) is 0 Å². The Morgan fingerprint density at radius 3 is 2.89 bits per heavy atom. The number of likely N-dealkylation sites (N-methyl/N-ethyl adjacent to an activating group) is 1. The molecule has 0 fully saturated rings. The van der Waals surface area contributed by atoms with Crippen molar-refractivity contribution in [1.29, 1.82) is 0 Å². The molecule has 0 saturated heterocycles. The Hall–Kier alpha value is -1.65. The third-order valence-electron chi connectivity index (χ3n) is 2.99. The molecule has 1 heterocycles. The number of benzene rings is 1. The molecule has 0 radical (unpaired) electrons. The first-order valence-corrected chi connectivity index (χ1v) is 6.19. The van der Waals surface area contributed by atoms with Crippen LogP contribution in [0.1, 0.15) is 12.5 Å². The van der Waals surface area contributed by atoms with Gasteiger partial charge < -0.3 is 15.6 Å². The Morgan fingerprint density at radius 2 is 2.11 bits per heavy atom. The topological polar surface area (TPSA) is 56.9 Å². The monoisotopic (exact) mass is 245 g/mol. The van der Waals surface area contributed by atoms with Crippen molar-refractivity contribution in [3.63, 3.8) is 0 Å². The van der Waals surface area contributed by atoms with Crippen LogP contribution in [0.25, 0.3) is 10.9 Å². The molecule has 0 aliphatic heterocycles. The number of pyridine rings is 1. The van der Waals surface area contributed by atoms with Crippen molar-refractivity contribution in [3.05, 3.63) is 46.2 Å². The lowest BCUT2D eigenvalue weighted by Gasteiger charge is -2.14. The minimum atomic E-state index is -0.0493. The van der Waals surface area contributed by atoms with E-state index in [9.17, 15) is 4.79 Å². The van der Waals surface area contributed by atoms with Crippen molar-refractivity contribution in [2.45, 2.75) is 19.5 Å². The number of hydrogen-bond acceptors (Lipinski definition) is 3. The average Bonchev–Trinajstić information content (AvgIpc) is 2.36. The van der Waals surface area contributed by atoms with Crippen LogP contribution in [0.15, 0.2) is 35.1 Å². The van der Waals surface area contributed by atoms with Crippen LogP contribution in [-0.2, 0) is 6.54 Å². The number of fused-ring (bicyclic) bond motifs is 1. The molecule has 4 heteroatoms. The largest absolute Gasteiger partial charge is 0.322 e. The predicted molar refractivity (Wildman–Crippen MR) is 74.8 cm³/mol. The lowest BCUT2D eigenvalue weighted by Crippen LogP contribution is -2.34. The van der Waals surface area contributed by atoms with E-state index < -0.39 is 0 Å². The van der Waals surface area contributed by atoms with Crippen molar-refractivity contribution in [1.82, 2.24) is 15.6 Å². The molecule has 96 valence electrons. The average molecular weight is 245 g/mol. The van der Waals surface area contributed by atoms with E-state index in [2.05, 4.69) is 22.5 Å². The Balaban J connectivity index is 2.24. The number of H-pyrrole nitrogens is 1. The second kappa shape index (κ2) is 5.80. The number of nitrogens with one attached hydrogen (secondary N) is 3. The van der Waals surface area contributed by atoms with Crippen molar-refractivity contribution in [2.24, 2.45) is 0 Å². The quantitative estimate of drug-likeness (QED) is 0.742.